The molecular formula is C13H22N2O. The lowest BCUT2D eigenvalue weighted by molar-refractivity contribution is -0.0765. The highest BCUT2D eigenvalue weighted by atomic mass is 16.5. The molecule has 0 N–H and O–H groups in total. The van der Waals surface area contributed by atoms with Crippen molar-refractivity contribution in [3.05, 3.63) is 11.5 Å². The number of rotatable bonds is 2. The van der Waals surface area contributed by atoms with Gasteiger partial charge in [0.05, 0.1) is 0 Å². The largest absolute Gasteiger partial charge is 0.469 e. The molecule has 0 amide bonds. The van der Waals surface area contributed by atoms with Gasteiger partial charge in [-0.05, 0) is 45.6 Å². The molecule has 16 heavy (non-hydrogen) atoms. The van der Waals surface area contributed by atoms with Crippen LogP contribution in [-0.4, -0.2) is 37.4 Å². The van der Waals surface area contributed by atoms with Crippen LogP contribution in [0.25, 0.3) is 0 Å². The third-order valence-electron chi connectivity index (χ3n) is 4.01. The molecule has 2 heterocycles. The summed E-state index contributed by atoms with van der Waals surface area (Å²) in [4.78, 5) is 6.37. The Bertz CT molecular complexity index is 324. The molecule has 1 spiro atoms. The molecule has 2 aliphatic rings. The molecule has 3 heteroatoms. The topological polar surface area (TPSA) is 24.8 Å². The second-order valence-corrected chi connectivity index (χ2v) is 5.22. The second kappa shape index (κ2) is 4.21. The van der Waals surface area contributed by atoms with E-state index >= 15 is 0 Å². The van der Waals surface area contributed by atoms with Gasteiger partial charge in [-0.25, -0.2) is 4.99 Å². The van der Waals surface area contributed by atoms with Crippen molar-refractivity contribution >= 4 is 6.72 Å². The van der Waals surface area contributed by atoms with Crippen molar-refractivity contribution in [3.8, 4) is 0 Å². The summed E-state index contributed by atoms with van der Waals surface area (Å²) in [5, 5.41) is 0. The first kappa shape index (κ1) is 11.6. The number of likely N-dealkylation sites (N-methyl/N-ethyl adjacent to an activating group) is 1. The minimum Gasteiger partial charge on any atom is -0.469 e. The highest BCUT2D eigenvalue weighted by Crippen LogP contribution is 2.44. The Morgan fingerprint density at radius 2 is 2.38 bits per heavy atom. The van der Waals surface area contributed by atoms with Crippen LogP contribution in [-0.2, 0) is 4.74 Å². The zero-order chi connectivity index (χ0) is 11.8. The van der Waals surface area contributed by atoms with Gasteiger partial charge in [-0.3, -0.25) is 0 Å². The Morgan fingerprint density at radius 3 is 2.94 bits per heavy atom. The van der Waals surface area contributed by atoms with Crippen molar-refractivity contribution in [3.63, 3.8) is 0 Å². The predicted molar refractivity (Wildman–Crippen MR) is 66.6 cm³/mol. The highest BCUT2D eigenvalue weighted by Gasteiger charge is 2.48. The van der Waals surface area contributed by atoms with Gasteiger partial charge in [0.1, 0.15) is 5.60 Å². The Morgan fingerprint density at radius 1 is 1.62 bits per heavy atom. The van der Waals surface area contributed by atoms with E-state index in [2.05, 4.69) is 37.5 Å². The molecule has 3 nitrogen and oxygen atoms in total. The van der Waals surface area contributed by atoms with E-state index in [-0.39, 0.29) is 5.60 Å². The maximum absolute atomic E-state index is 6.13. The van der Waals surface area contributed by atoms with Crippen LogP contribution in [0.1, 0.15) is 33.1 Å². The summed E-state index contributed by atoms with van der Waals surface area (Å²) in [6.45, 7) is 10.2. The monoisotopic (exact) mass is 222 g/mol. The minimum atomic E-state index is -0.0254. The third-order valence-corrected chi connectivity index (χ3v) is 4.01. The maximum atomic E-state index is 6.13. The fourth-order valence-corrected chi connectivity index (χ4v) is 3.20. The van der Waals surface area contributed by atoms with E-state index in [0.717, 1.165) is 18.8 Å². The molecule has 2 unspecified atom stereocenters. The van der Waals surface area contributed by atoms with Crippen molar-refractivity contribution in [2.75, 3.05) is 20.1 Å². The summed E-state index contributed by atoms with van der Waals surface area (Å²) in [5.41, 5.74) is 1.23. The highest BCUT2D eigenvalue weighted by molar-refractivity contribution is 5.31. The van der Waals surface area contributed by atoms with Crippen LogP contribution in [0.2, 0.25) is 0 Å². The molecule has 2 atom stereocenters. The summed E-state index contributed by atoms with van der Waals surface area (Å²) in [7, 11) is 2.17. The van der Waals surface area contributed by atoms with Crippen molar-refractivity contribution in [2.24, 2.45) is 10.9 Å². The average Bonchev–Trinajstić information content (AvgIpc) is 2.55. The van der Waals surface area contributed by atoms with E-state index in [0.29, 0.717) is 5.92 Å². The Hall–Kier alpha value is -0.830. The maximum Gasteiger partial charge on any atom is 0.212 e. The smallest absolute Gasteiger partial charge is 0.212 e. The molecule has 0 saturated carbocycles. The van der Waals surface area contributed by atoms with Crippen LogP contribution in [0.4, 0.5) is 0 Å². The molecule has 0 aromatic carbocycles. The Labute approximate surface area is 98.2 Å². The fraction of sp³-hybridized carbons (Fsp3) is 0.769. The first-order chi connectivity index (χ1) is 7.61. The fourth-order valence-electron chi connectivity index (χ4n) is 3.20. The van der Waals surface area contributed by atoms with Crippen LogP contribution < -0.4 is 0 Å². The van der Waals surface area contributed by atoms with E-state index in [1.54, 1.807) is 0 Å². The zero-order valence-corrected chi connectivity index (χ0v) is 10.6. The molecule has 0 aromatic heterocycles. The summed E-state index contributed by atoms with van der Waals surface area (Å²) in [6, 6.07) is 0. The Kier molecular flexibility index (Phi) is 3.06. The summed E-state index contributed by atoms with van der Waals surface area (Å²) in [5.74, 6) is 1.42. The van der Waals surface area contributed by atoms with E-state index in [1.807, 2.05) is 0 Å². The molecule has 0 aromatic rings. The first-order valence-electron chi connectivity index (χ1n) is 6.15. The molecule has 0 radical (unpaired) electrons. The van der Waals surface area contributed by atoms with Crippen molar-refractivity contribution in [2.45, 2.75) is 38.7 Å². The second-order valence-electron chi connectivity index (χ2n) is 5.22. The summed E-state index contributed by atoms with van der Waals surface area (Å²) < 4.78 is 6.13. The van der Waals surface area contributed by atoms with Crippen molar-refractivity contribution < 1.29 is 4.74 Å². The SMILES string of the molecule is C=NC1=C(C)CC2(CN(C)CCC2CC)O1. The molecule has 0 bridgehead atoms. The average molecular weight is 222 g/mol. The molecule has 0 aliphatic carbocycles. The van der Waals surface area contributed by atoms with E-state index < -0.39 is 0 Å². The number of ether oxygens (including phenoxy) is 1. The first-order valence-corrected chi connectivity index (χ1v) is 6.15. The van der Waals surface area contributed by atoms with E-state index in [1.165, 1.54) is 25.0 Å². The predicted octanol–water partition coefficient (Wildman–Crippen LogP) is 2.44. The lowest BCUT2D eigenvalue weighted by atomic mass is 9.77. The molecule has 1 saturated heterocycles. The van der Waals surface area contributed by atoms with Gasteiger partial charge in [0, 0.05) is 18.9 Å². The quantitative estimate of drug-likeness (QED) is 0.670. The van der Waals surface area contributed by atoms with Gasteiger partial charge in [-0.1, -0.05) is 6.92 Å². The third kappa shape index (κ3) is 1.77. The van der Waals surface area contributed by atoms with Crippen LogP contribution in [0.15, 0.2) is 16.4 Å². The van der Waals surface area contributed by atoms with E-state index in [9.17, 15) is 0 Å². The van der Waals surface area contributed by atoms with E-state index in [4.69, 9.17) is 4.74 Å². The van der Waals surface area contributed by atoms with Gasteiger partial charge in [0.15, 0.2) is 0 Å². The van der Waals surface area contributed by atoms with Gasteiger partial charge in [-0.15, -0.1) is 0 Å². The van der Waals surface area contributed by atoms with Gasteiger partial charge < -0.3 is 9.64 Å². The number of hydrogen-bond donors (Lipinski definition) is 0. The number of piperidine rings is 1. The number of likely N-dealkylation sites (tertiary alicyclic amines) is 1. The number of aliphatic imine (C=N–C) groups is 1. The lowest BCUT2D eigenvalue weighted by Gasteiger charge is -2.44. The van der Waals surface area contributed by atoms with Crippen LogP contribution in [0, 0.1) is 5.92 Å². The summed E-state index contributed by atoms with van der Waals surface area (Å²) in [6.07, 6.45) is 3.43. The Balaban J connectivity index is 2.21. The molecule has 90 valence electrons. The summed E-state index contributed by atoms with van der Waals surface area (Å²) >= 11 is 0. The number of hydrogen-bond acceptors (Lipinski definition) is 3. The van der Waals surface area contributed by atoms with Gasteiger partial charge in [-0.2, -0.15) is 0 Å². The zero-order valence-electron chi connectivity index (χ0n) is 10.6. The van der Waals surface area contributed by atoms with Crippen LogP contribution in [0.3, 0.4) is 0 Å². The minimum absolute atomic E-state index is 0.0254. The van der Waals surface area contributed by atoms with Crippen LogP contribution >= 0.6 is 0 Å². The van der Waals surface area contributed by atoms with Gasteiger partial charge >= 0.3 is 0 Å². The van der Waals surface area contributed by atoms with Gasteiger partial charge in [0.2, 0.25) is 5.88 Å². The van der Waals surface area contributed by atoms with Crippen molar-refractivity contribution in [1.82, 2.24) is 4.90 Å². The molecule has 1 fully saturated rings. The molecular weight excluding hydrogens is 200 g/mol. The van der Waals surface area contributed by atoms with Gasteiger partial charge in [0.25, 0.3) is 0 Å². The lowest BCUT2D eigenvalue weighted by Crippen LogP contribution is -2.52. The molecule has 2 aliphatic heterocycles. The number of nitrogens with zero attached hydrogens (tertiary/aromatic N) is 2. The van der Waals surface area contributed by atoms with Crippen molar-refractivity contribution in [1.29, 1.82) is 0 Å². The normalized spacial score (nSPS) is 35.6. The van der Waals surface area contributed by atoms with Crippen LogP contribution in [0.5, 0.6) is 0 Å². The molecule has 2 rings (SSSR count). The standard InChI is InChI=1S/C13H22N2O/c1-5-11-6-7-15(4)9-13(11)8-10(2)12(14-3)16-13/h11H,3,5-9H2,1-2,4H3.